The molecule has 0 aliphatic carbocycles. The van der Waals surface area contributed by atoms with Crippen LogP contribution in [0, 0.1) is 0 Å². The fraction of sp³-hybridized carbons (Fsp3) is 0.667. The Bertz CT molecular complexity index is 262. The van der Waals surface area contributed by atoms with Crippen molar-refractivity contribution in [3.8, 4) is 0 Å². The first-order valence-electron chi connectivity index (χ1n) is 5.36. The second-order valence-corrected chi connectivity index (χ2v) is 4.83. The summed E-state index contributed by atoms with van der Waals surface area (Å²) in [7, 11) is 0. The second kappa shape index (κ2) is 5.33. The summed E-state index contributed by atoms with van der Waals surface area (Å²) in [5, 5.41) is 3.40. The van der Waals surface area contributed by atoms with Crippen LogP contribution in [0.2, 0.25) is 0 Å². The quantitative estimate of drug-likeness (QED) is 0.813. The maximum atomic E-state index is 5.63. The molecule has 0 amide bonds. The van der Waals surface area contributed by atoms with Gasteiger partial charge in [0, 0.05) is 12.1 Å². The summed E-state index contributed by atoms with van der Waals surface area (Å²) in [6.45, 7) is 9.89. The number of hydrogen-bond donors (Lipinski definition) is 1. The Kier molecular flexibility index (Phi) is 4.36. The van der Waals surface area contributed by atoms with Crippen molar-refractivity contribution < 1.29 is 9.15 Å². The zero-order chi connectivity index (χ0) is 11.3. The van der Waals surface area contributed by atoms with Crippen molar-refractivity contribution in [1.29, 1.82) is 0 Å². The first kappa shape index (κ1) is 12.3. The van der Waals surface area contributed by atoms with E-state index in [0.29, 0.717) is 6.61 Å². The van der Waals surface area contributed by atoms with Gasteiger partial charge in [0.2, 0.25) is 0 Å². The van der Waals surface area contributed by atoms with Gasteiger partial charge in [0.1, 0.15) is 12.4 Å². The van der Waals surface area contributed by atoms with E-state index < -0.39 is 0 Å². The average Bonchev–Trinajstić information content (AvgIpc) is 2.62. The molecule has 15 heavy (non-hydrogen) atoms. The Morgan fingerprint density at radius 2 is 2.20 bits per heavy atom. The van der Waals surface area contributed by atoms with Crippen molar-refractivity contribution in [3.63, 3.8) is 0 Å². The van der Waals surface area contributed by atoms with E-state index in [4.69, 9.17) is 9.15 Å². The highest BCUT2D eigenvalue weighted by molar-refractivity contribution is 4.96. The molecule has 0 fully saturated rings. The standard InChI is InChI=1S/C12H21NO2/c1-10(8-13-12(2,3)4)15-9-11-6-5-7-14-11/h5-7,10,13H,8-9H2,1-4H3. The molecule has 1 atom stereocenters. The number of hydrogen-bond acceptors (Lipinski definition) is 3. The molecule has 3 nitrogen and oxygen atoms in total. The minimum Gasteiger partial charge on any atom is -0.467 e. The molecule has 0 radical (unpaired) electrons. The Balaban J connectivity index is 2.16. The first-order valence-corrected chi connectivity index (χ1v) is 5.36. The smallest absolute Gasteiger partial charge is 0.129 e. The molecule has 0 saturated carbocycles. The summed E-state index contributed by atoms with van der Waals surface area (Å²) in [5.74, 6) is 0.873. The molecule has 86 valence electrons. The topological polar surface area (TPSA) is 34.4 Å². The van der Waals surface area contributed by atoms with Crippen LogP contribution in [-0.4, -0.2) is 18.2 Å². The highest BCUT2D eigenvalue weighted by atomic mass is 16.5. The Morgan fingerprint density at radius 1 is 1.47 bits per heavy atom. The van der Waals surface area contributed by atoms with Crippen LogP contribution in [0.25, 0.3) is 0 Å². The molecular weight excluding hydrogens is 190 g/mol. The van der Waals surface area contributed by atoms with Gasteiger partial charge < -0.3 is 14.5 Å². The van der Waals surface area contributed by atoms with Crippen LogP contribution >= 0.6 is 0 Å². The normalized spacial score (nSPS) is 14.1. The van der Waals surface area contributed by atoms with E-state index in [-0.39, 0.29) is 11.6 Å². The molecule has 1 aromatic heterocycles. The van der Waals surface area contributed by atoms with Crippen molar-refractivity contribution in [2.24, 2.45) is 0 Å². The highest BCUT2D eigenvalue weighted by Gasteiger charge is 2.11. The van der Waals surface area contributed by atoms with Crippen molar-refractivity contribution >= 4 is 0 Å². The van der Waals surface area contributed by atoms with Crippen LogP contribution < -0.4 is 5.32 Å². The molecule has 1 aromatic rings. The van der Waals surface area contributed by atoms with E-state index in [1.54, 1.807) is 6.26 Å². The molecule has 1 N–H and O–H groups in total. The SMILES string of the molecule is CC(CNC(C)(C)C)OCc1ccco1. The molecule has 0 aliphatic heterocycles. The van der Waals surface area contributed by atoms with Crippen LogP contribution in [-0.2, 0) is 11.3 Å². The van der Waals surface area contributed by atoms with Crippen molar-refractivity contribution in [1.82, 2.24) is 5.32 Å². The molecule has 1 rings (SSSR count). The number of rotatable bonds is 5. The van der Waals surface area contributed by atoms with Crippen LogP contribution in [0.1, 0.15) is 33.5 Å². The second-order valence-electron chi connectivity index (χ2n) is 4.83. The Morgan fingerprint density at radius 3 is 2.73 bits per heavy atom. The van der Waals surface area contributed by atoms with Gasteiger partial charge in [-0.25, -0.2) is 0 Å². The van der Waals surface area contributed by atoms with Crippen molar-refractivity contribution in [2.45, 2.75) is 45.9 Å². The van der Waals surface area contributed by atoms with Gasteiger partial charge in [-0.05, 0) is 39.8 Å². The van der Waals surface area contributed by atoms with Gasteiger partial charge in [0.05, 0.1) is 12.4 Å². The molecular formula is C12H21NO2. The minimum absolute atomic E-state index is 0.141. The Hall–Kier alpha value is -0.800. The molecule has 0 aliphatic rings. The Labute approximate surface area is 91.8 Å². The predicted molar refractivity (Wildman–Crippen MR) is 60.7 cm³/mol. The molecule has 0 saturated heterocycles. The summed E-state index contributed by atoms with van der Waals surface area (Å²) < 4.78 is 10.8. The minimum atomic E-state index is 0.141. The maximum Gasteiger partial charge on any atom is 0.129 e. The lowest BCUT2D eigenvalue weighted by Gasteiger charge is -2.23. The molecule has 1 unspecified atom stereocenters. The number of furan rings is 1. The third-order valence-electron chi connectivity index (χ3n) is 2.01. The third-order valence-corrected chi connectivity index (χ3v) is 2.01. The van der Waals surface area contributed by atoms with E-state index >= 15 is 0 Å². The number of nitrogens with one attached hydrogen (secondary N) is 1. The van der Waals surface area contributed by atoms with Crippen molar-refractivity contribution in [3.05, 3.63) is 24.2 Å². The molecule has 0 spiro atoms. The van der Waals surface area contributed by atoms with Gasteiger partial charge >= 0.3 is 0 Å². The van der Waals surface area contributed by atoms with E-state index in [1.165, 1.54) is 0 Å². The van der Waals surface area contributed by atoms with Gasteiger partial charge in [0.15, 0.2) is 0 Å². The van der Waals surface area contributed by atoms with Gasteiger partial charge in [-0.1, -0.05) is 0 Å². The summed E-state index contributed by atoms with van der Waals surface area (Å²) >= 11 is 0. The molecule has 3 heteroatoms. The monoisotopic (exact) mass is 211 g/mol. The predicted octanol–water partition coefficient (Wildman–Crippen LogP) is 2.57. The van der Waals surface area contributed by atoms with Crippen LogP contribution in [0.4, 0.5) is 0 Å². The zero-order valence-corrected chi connectivity index (χ0v) is 10.0. The van der Waals surface area contributed by atoms with Crippen LogP contribution in [0.3, 0.4) is 0 Å². The summed E-state index contributed by atoms with van der Waals surface area (Å²) in [5.41, 5.74) is 0.141. The molecule has 0 aromatic carbocycles. The number of ether oxygens (including phenoxy) is 1. The fourth-order valence-electron chi connectivity index (χ4n) is 1.13. The molecule has 1 heterocycles. The summed E-state index contributed by atoms with van der Waals surface area (Å²) in [6.07, 6.45) is 1.85. The van der Waals surface area contributed by atoms with Gasteiger partial charge in [-0.2, -0.15) is 0 Å². The van der Waals surface area contributed by atoms with Gasteiger partial charge in [-0.3, -0.25) is 0 Å². The fourth-order valence-corrected chi connectivity index (χ4v) is 1.13. The lowest BCUT2D eigenvalue weighted by molar-refractivity contribution is 0.0393. The lowest BCUT2D eigenvalue weighted by atomic mass is 10.1. The van der Waals surface area contributed by atoms with Gasteiger partial charge in [0.25, 0.3) is 0 Å². The van der Waals surface area contributed by atoms with E-state index in [0.717, 1.165) is 12.3 Å². The lowest BCUT2D eigenvalue weighted by Crippen LogP contribution is -2.40. The molecule has 0 bridgehead atoms. The zero-order valence-electron chi connectivity index (χ0n) is 10.0. The first-order chi connectivity index (χ1) is 6.97. The summed E-state index contributed by atoms with van der Waals surface area (Å²) in [4.78, 5) is 0. The average molecular weight is 211 g/mol. The van der Waals surface area contributed by atoms with Gasteiger partial charge in [-0.15, -0.1) is 0 Å². The van der Waals surface area contributed by atoms with Crippen LogP contribution in [0.5, 0.6) is 0 Å². The van der Waals surface area contributed by atoms with Crippen molar-refractivity contribution in [2.75, 3.05) is 6.54 Å². The maximum absolute atomic E-state index is 5.63. The van der Waals surface area contributed by atoms with E-state index in [9.17, 15) is 0 Å². The largest absolute Gasteiger partial charge is 0.467 e. The van der Waals surface area contributed by atoms with E-state index in [1.807, 2.05) is 12.1 Å². The van der Waals surface area contributed by atoms with E-state index in [2.05, 4.69) is 33.0 Å². The summed E-state index contributed by atoms with van der Waals surface area (Å²) in [6, 6.07) is 3.79. The highest BCUT2D eigenvalue weighted by Crippen LogP contribution is 2.05. The van der Waals surface area contributed by atoms with Crippen LogP contribution in [0.15, 0.2) is 22.8 Å². The third kappa shape index (κ3) is 5.60.